The van der Waals surface area contributed by atoms with Gasteiger partial charge in [-0.05, 0) is 23.8 Å². The van der Waals surface area contributed by atoms with Gasteiger partial charge in [-0.15, -0.1) is 0 Å². The fourth-order valence-electron chi connectivity index (χ4n) is 2.60. The lowest BCUT2D eigenvalue weighted by Gasteiger charge is -2.23. The van der Waals surface area contributed by atoms with Crippen LogP contribution in [0.5, 0.6) is 0 Å². The monoisotopic (exact) mass is 329 g/mol. The molecule has 1 heterocycles. The van der Waals surface area contributed by atoms with Gasteiger partial charge in [0.15, 0.2) is 5.11 Å². The van der Waals surface area contributed by atoms with E-state index >= 15 is 0 Å². The fraction of sp³-hybridized carbons (Fsp3) is 0.176. The van der Waals surface area contributed by atoms with Crippen molar-refractivity contribution in [3.05, 3.63) is 70.7 Å². The molecule has 2 aromatic carbocycles. The number of hydrazone groups is 1. The Balaban J connectivity index is 1.98. The maximum atomic E-state index is 6.31. The molecule has 0 bridgehead atoms. The summed E-state index contributed by atoms with van der Waals surface area (Å²) in [7, 11) is 1.81. The Morgan fingerprint density at radius 1 is 1.18 bits per heavy atom. The Morgan fingerprint density at radius 3 is 2.55 bits per heavy atom. The summed E-state index contributed by atoms with van der Waals surface area (Å²) in [6, 6.07) is 18.1. The van der Waals surface area contributed by atoms with Crippen LogP contribution in [0.25, 0.3) is 0 Å². The highest BCUT2D eigenvalue weighted by molar-refractivity contribution is 7.80. The Bertz CT molecular complexity index is 715. The minimum atomic E-state index is 0.0902. The predicted molar refractivity (Wildman–Crippen MR) is 95.3 cm³/mol. The normalized spacial score (nSPS) is 17.3. The summed E-state index contributed by atoms with van der Waals surface area (Å²) >= 11 is 11.7. The molecule has 0 spiro atoms. The number of rotatable bonds is 2. The molecule has 0 aliphatic carbocycles. The lowest BCUT2D eigenvalue weighted by Crippen LogP contribution is -2.34. The van der Waals surface area contributed by atoms with Gasteiger partial charge in [-0.3, -0.25) is 0 Å². The van der Waals surface area contributed by atoms with E-state index in [0.29, 0.717) is 10.1 Å². The van der Waals surface area contributed by atoms with Crippen LogP contribution in [-0.2, 0) is 0 Å². The first-order valence-electron chi connectivity index (χ1n) is 7.09. The number of nitrogens with one attached hydrogen (secondary N) is 1. The first-order chi connectivity index (χ1) is 10.7. The summed E-state index contributed by atoms with van der Waals surface area (Å²) < 4.78 is 0. The van der Waals surface area contributed by atoms with Gasteiger partial charge in [0.05, 0.1) is 11.8 Å². The lowest BCUT2D eigenvalue weighted by molar-refractivity contribution is 0.367. The van der Waals surface area contributed by atoms with Crippen molar-refractivity contribution in [1.29, 1.82) is 0 Å². The third-order valence-electron chi connectivity index (χ3n) is 3.70. The molecule has 1 aliphatic heterocycles. The van der Waals surface area contributed by atoms with Crippen molar-refractivity contribution in [1.82, 2.24) is 10.3 Å². The van der Waals surface area contributed by atoms with Crippen molar-refractivity contribution in [3.63, 3.8) is 0 Å². The van der Waals surface area contributed by atoms with Crippen LogP contribution in [0.4, 0.5) is 0 Å². The van der Waals surface area contributed by atoms with Gasteiger partial charge in [-0.2, -0.15) is 5.10 Å². The second-order valence-corrected chi connectivity index (χ2v) is 5.85. The molecule has 112 valence electrons. The van der Waals surface area contributed by atoms with Crippen molar-refractivity contribution in [2.45, 2.75) is 12.5 Å². The highest BCUT2D eigenvalue weighted by Crippen LogP contribution is 2.34. The van der Waals surface area contributed by atoms with Crippen LogP contribution in [0.15, 0.2) is 59.7 Å². The Labute approximate surface area is 140 Å². The molecule has 0 fully saturated rings. The van der Waals surface area contributed by atoms with Gasteiger partial charge in [0, 0.05) is 24.1 Å². The minimum absolute atomic E-state index is 0.0902. The molecule has 0 amide bonds. The zero-order valence-corrected chi connectivity index (χ0v) is 13.7. The van der Waals surface area contributed by atoms with Crippen LogP contribution in [0.3, 0.4) is 0 Å². The molecule has 0 radical (unpaired) electrons. The third kappa shape index (κ3) is 2.85. The van der Waals surface area contributed by atoms with Gasteiger partial charge in [0.1, 0.15) is 0 Å². The molecule has 22 heavy (non-hydrogen) atoms. The van der Waals surface area contributed by atoms with Crippen molar-refractivity contribution in [3.8, 4) is 0 Å². The highest BCUT2D eigenvalue weighted by atomic mass is 35.5. The molecule has 5 heteroatoms. The number of benzene rings is 2. The number of thiocarbonyl (C=S) groups is 1. The van der Waals surface area contributed by atoms with Gasteiger partial charge in [0.2, 0.25) is 0 Å². The van der Waals surface area contributed by atoms with Gasteiger partial charge in [-0.1, -0.05) is 60.1 Å². The SMILES string of the molecule is CNC(=S)N1N=C(c2ccccc2Cl)C[C@H]1c1ccccc1. The van der Waals surface area contributed by atoms with E-state index in [1.54, 1.807) is 0 Å². The average molecular weight is 330 g/mol. The summed E-state index contributed by atoms with van der Waals surface area (Å²) in [6.45, 7) is 0. The molecule has 3 rings (SSSR count). The van der Waals surface area contributed by atoms with Gasteiger partial charge in [0.25, 0.3) is 0 Å². The van der Waals surface area contributed by atoms with Crippen molar-refractivity contribution < 1.29 is 0 Å². The molecule has 0 aromatic heterocycles. The molecule has 1 aliphatic rings. The Morgan fingerprint density at radius 2 is 1.86 bits per heavy atom. The molecule has 0 saturated carbocycles. The lowest BCUT2D eigenvalue weighted by atomic mass is 9.98. The quantitative estimate of drug-likeness (QED) is 0.844. The van der Waals surface area contributed by atoms with E-state index in [0.717, 1.165) is 17.7 Å². The maximum Gasteiger partial charge on any atom is 0.189 e. The van der Waals surface area contributed by atoms with E-state index in [2.05, 4.69) is 17.4 Å². The predicted octanol–water partition coefficient (Wildman–Crippen LogP) is 4.00. The van der Waals surface area contributed by atoms with E-state index in [-0.39, 0.29) is 6.04 Å². The van der Waals surface area contributed by atoms with Crippen LogP contribution >= 0.6 is 23.8 Å². The smallest absolute Gasteiger partial charge is 0.189 e. The third-order valence-corrected chi connectivity index (χ3v) is 4.42. The first-order valence-corrected chi connectivity index (χ1v) is 7.87. The van der Waals surface area contributed by atoms with Crippen LogP contribution in [-0.4, -0.2) is 22.9 Å². The highest BCUT2D eigenvalue weighted by Gasteiger charge is 2.31. The summed E-state index contributed by atoms with van der Waals surface area (Å²) in [4.78, 5) is 0. The summed E-state index contributed by atoms with van der Waals surface area (Å²) in [5.74, 6) is 0. The van der Waals surface area contributed by atoms with E-state index in [1.807, 2.05) is 54.5 Å². The number of hydrogen-bond donors (Lipinski definition) is 1. The Hall–Kier alpha value is -1.91. The number of hydrogen-bond acceptors (Lipinski definition) is 2. The number of nitrogens with zero attached hydrogens (tertiary/aromatic N) is 2. The van der Waals surface area contributed by atoms with Crippen LogP contribution in [0, 0.1) is 0 Å². The van der Waals surface area contributed by atoms with E-state index in [4.69, 9.17) is 28.9 Å². The minimum Gasteiger partial charge on any atom is -0.364 e. The Kier molecular flexibility index (Phi) is 4.41. The molecule has 3 nitrogen and oxygen atoms in total. The largest absolute Gasteiger partial charge is 0.364 e. The average Bonchev–Trinajstić information content (AvgIpc) is 3.00. The molecule has 1 N–H and O–H groups in total. The van der Waals surface area contributed by atoms with Gasteiger partial charge in [-0.25, -0.2) is 5.01 Å². The van der Waals surface area contributed by atoms with E-state index in [9.17, 15) is 0 Å². The van der Waals surface area contributed by atoms with Crippen molar-refractivity contribution in [2.24, 2.45) is 5.10 Å². The maximum absolute atomic E-state index is 6.31. The summed E-state index contributed by atoms with van der Waals surface area (Å²) in [5, 5.41) is 10.9. The summed E-state index contributed by atoms with van der Waals surface area (Å²) in [5.41, 5.74) is 3.11. The van der Waals surface area contributed by atoms with Crippen LogP contribution in [0.1, 0.15) is 23.6 Å². The molecular formula is C17H16ClN3S. The molecule has 2 aromatic rings. The second-order valence-electron chi connectivity index (χ2n) is 5.06. The van der Waals surface area contributed by atoms with E-state index in [1.165, 1.54) is 5.56 Å². The van der Waals surface area contributed by atoms with Crippen molar-refractivity contribution in [2.75, 3.05) is 7.05 Å². The van der Waals surface area contributed by atoms with Gasteiger partial charge < -0.3 is 5.32 Å². The second kappa shape index (κ2) is 6.46. The van der Waals surface area contributed by atoms with Crippen LogP contribution in [0.2, 0.25) is 5.02 Å². The van der Waals surface area contributed by atoms with Gasteiger partial charge >= 0.3 is 0 Å². The molecule has 0 unspecified atom stereocenters. The van der Waals surface area contributed by atoms with Crippen molar-refractivity contribution >= 4 is 34.6 Å². The zero-order valence-electron chi connectivity index (χ0n) is 12.2. The van der Waals surface area contributed by atoms with E-state index < -0.39 is 0 Å². The first kappa shape index (κ1) is 15.0. The molecule has 0 saturated heterocycles. The van der Waals surface area contributed by atoms with Crippen LogP contribution < -0.4 is 5.32 Å². The standard InChI is InChI=1S/C17H16ClN3S/c1-19-17(22)21-16(12-7-3-2-4-8-12)11-15(20-21)13-9-5-6-10-14(13)18/h2-10,16H,11H2,1H3,(H,19,22)/t16-/m0/s1. The molecular weight excluding hydrogens is 314 g/mol. The summed E-state index contributed by atoms with van der Waals surface area (Å²) in [6.07, 6.45) is 0.773. The number of halogens is 1. The fourth-order valence-corrected chi connectivity index (χ4v) is 3.02. The topological polar surface area (TPSA) is 27.6 Å². The molecule has 1 atom stereocenters. The zero-order chi connectivity index (χ0) is 15.5.